The van der Waals surface area contributed by atoms with Crippen molar-refractivity contribution in [2.24, 2.45) is 0 Å². The first-order chi connectivity index (χ1) is 19.3. The number of ether oxygens (including phenoxy) is 1. The first kappa shape index (κ1) is 27.3. The third-order valence-corrected chi connectivity index (χ3v) is 8.26. The zero-order chi connectivity index (χ0) is 28.1. The second-order valence-electron chi connectivity index (χ2n) is 9.68. The van der Waals surface area contributed by atoms with Crippen LogP contribution in [0.25, 0.3) is 11.0 Å². The molecule has 3 aromatic carbocycles. The molecule has 1 saturated heterocycles. The maximum Gasteiger partial charge on any atom is 0.323 e. The summed E-state index contributed by atoms with van der Waals surface area (Å²) in [6, 6.07) is 20.6. The van der Waals surface area contributed by atoms with E-state index in [1.807, 2.05) is 18.2 Å². The number of imidazole rings is 1. The molecule has 1 aliphatic heterocycles. The third kappa shape index (κ3) is 6.45. The average molecular weight is 563 g/mol. The van der Waals surface area contributed by atoms with Crippen LogP contribution in [0.2, 0.25) is 0 Å². The van der Waals surface area contributed by atoms with Gasteiger partial charge in [0, 0.05) is 37.1 Å². The van der Waals surface area contributed by atoms with Crippen molar-refractivity contribution in [2.75, 3.05) is 35.9 Å². The first-order valence-electron chi connectivity index (χ1n) is 12.9. The molecule has 0 amide bonds. The number of aliphatic hydroxyl groups is 1. The molecule has 5 N–H and O–H groups in total. The van der Waals surface area contributed by atoms with E-state index in [0.29, 0.717) is 34.6 Å². The molecule has 40 heavy (non-hydrogen) atoms. The lowest BCUT2D eigenvalue weighted by molar-refractivity contribution is 0.103. The number of aromatic nitrogens is 2. The fourth-order valence-electron chi connectivity index (χ4n) is 4.70. The number of nitrogens with zero attached hydrogens (tertiary/aromatic N) is 2. The van der Waals surface area contributed by atoms with Crippen LogP contribution in [0.5, 0.6) is 5.75 Å². The van der Waals surface area contributed by atoms with Crippen molar-refractivity contribution >= 4 is 32.4 Å². The molecule has 4 aromatic rings. The van der Waals surface area contributed by atoms with Crippen LogP contribution in [0, 0.1) is 11.3 Å². The minimum Gasteiger partial charge on any atom is -0.489 e. The van der Waals surface area contributed by atoms with Crippen molar-refractivity contribution in [3.05, 3.63) is 82.8 Å². The van der Waals surface area contributed by atoms with Gasteiger partial charge in [0.15, 0.2) is 0 Å². The van der Waals surface area contributed by atoms with Crippen LogP contribution >= 0.6 is 0 Å². The molecule has 0 radical (unpaired) electrons. The summed E-state index contributed by atoms with van der Waals surface area (Å²) >= 11 is 0. The molecule has 1 atom stereocenters. The summed E-state index contributed by atoms with van der Waals surface area (Å²) in [5.41, 5.74) is 2.79. The van der Waals surface area contributed by atoms with Crippen molar-refractivity contribution in [1.29, 1.82) is 5.26 Å². The molecule has 12 heteroatoms. The van der Waals surface area contributed by atoms with Crippen LogP contribution in [0.15, 0.2) is 76.4 Å². The molecule has 0 aliphatic carbocycles. The number of rotatable bonds is 10. The van der Waals surface area contributed by atoms with Gasteiger partial charge in [0.1, 0.15) is 24.0 Å². The molecule has 1 aliphatic rings. The lowest BCUT2D eigenvalue weighted by Crippen LogP contribution is -2.45. The van der Waals surface area contributed by atoms with Crippen LogP contribution in [-0.2, 0) is 10.0 Å². The minimum absolute atomic E-state index is 0.0937. The van der Waals surface area contributed by atoms with Crippen molar-refractivity contribution < 1.29 is 18.3 Å². The van der Waals surface area contributed by atoms with E-state index < -0.39 is 16.1 Å². The minimum atomic E-state index is -3.75. The Morgan fingerprint density at radius 1 is 1.05 bits per heavy atom. The number of anilines is 2. The van der Waals surface area contributed by atoms with E-state index in [4.69, 9.17) is 10.00 Å². The van der Waals surface area contributed by atoms with E-state index in [-0.39, 0.29) is 23.2 Å². The zero-order valence-electron chi connectivity index (χ0n) is 21.6. The monoisotopic (exact) mass is 562 g/mol. The highest BCUT2D eigenvalue weighted by atomic mass is 32.2. The highest BCUT2D eigenvalue weighted by Gasteiger charge is 2.21. The van der Waals surface area contributed by atoms with E-state index in [9.17, 15) is 18.3 Å². The summed E-state index contributed by atoms with van der Waals surface area (Å²) < 4.78 is 33.6. The van der Waals surface area contributed by atoms with E-state index >= 15 is 0 Å². The summed E-state index contributed by atoms with van der Waals surface area (Å²) in [6.45, 7) is 2.13. The molecule has 5 rings (SSSR count). The number of hydrogen-bond acceptors (Lipinski definition) is 8. The lowest BCUT2D eigenvalue weighted by atomic mass is 10.0. The Morgan fingerprint density at radius 3 is 2.48 bits per heavy atom. The van der Waals surface area contributed by atoms with Crippen LogP contribution in [0.3, 0.4) is 0 Å². The van der Waals surface area contributed by atoms with Gasteiger partial charge in [0.2, 0.25) is 0 Å². The Hall–Kier alpha value is -4.31. The summed E-state index contributed by atoms with van der Waals surface area (Å²) in [6.07, 6.45) is 1.08. The highest BCUT2D eigenvalue weighted by molar-refractivity contribution is 7.92. The number of fused-ring (bicyclic) bond motifs is 1. The molecular formula is C28H30N6O5S. The smallest absolute Gasteiger partial charge is 0.323 e. The number of aliphatic hydroxyl groups excluding tert-OH is 1. The summed E-state index contributed by atoms with van der Waals surface area (Å²) in [5.74, 6) is 0.510. The van der Waals surface area contributed by atoms with Crippen LogP contribution in [0.1, 0.15) is 18.4 Å². The molecule has 2 heterocycles. The number of H-pyrrole nitrogens is 2. The Kier molecular flexibility index (Phi) is 8.06. The van der Waals surface area contributed by atoms with Crippen LogP contribution in [-0.4, -0.2) is 61.9 Å². The van der Waals surface area contributed by atoms with Gasteiger partial charge in [0.25, 0.3) is 10.0 Å². The zero-order valence-corrected chi connectivity index (χ0v) is 22.4. The van der Waals surface area contributed by atoms with Crippen LogP contribution < -0.4 is 25.4 Å². The van der Waals surface area contributed by atoms with E-state index in [2.05, 4.69) is 24.9 Å². The van der Waals surface area contributed by atoms with Crippen molar-refractivity contribution in [3.63, 3.8) is 0 Å². The lowest BCUT2D eigenvalue weighted by Gasteiger charge is -2.34. The number of benzene rings is 3. The predicted octanol–water partition coefficient (Wildman–Crippen LogP) is 2.53. The number of aromatic amines is 2. The van der Waals surface area contributed by atoms with Gasteiger partial charge < -0.3 is 30.0 Å². The molecular weight excluding hydrogens is 532 g/mol. The predicted molar refractivity (Wildman–Crippen MR) is 152 cm³/mol. The number of nitriles is 1. The van der Waals surface area contributed by atoms with Crippen LogP contribution in [0.4, 0.5) is 11.4 Å². The Labute approximate surface area is 231 Å². The Bertz CT molecular complexity index is 1650. The van der Waals surface area contributed by atoms with Gasteiger partial charge in [-0.05, 0) is 73.5 Å². The fourth-order valence-corrected chi connectivity index (χ4v) is 5.76. The second kappa shape index (κ2) is 11.8. The fraction of sp³-hybridized carbons (Fsp3) is 0.286. The molecule has 0 unspecified atom stereocenters. The van der Waals surface area contributed by atoms with Crippen molar-refractivity contribution in [1.82, 2.24) is 15.3 Å². The molecule has 0 saturated carbocycles. The third-order valence-electron chi connectivity index (χ3n) is 6.86. The second-order valence-corrected chi connectivity index (χ2v) is 11.4. The van der Waals surface area contributed by atoms with E-state index in [1.54, 1.807) is 30.3 Å². The summed E-state index contributed by atoms with van der Waals surface area (Å²) in [5, 5.41) is 22.7. The van der Waals surface area contributed by atoms with E-state index in [1.165, 1.54) is 24.3 Å². The number of sulfonamides is 1. The van der Waals surface area contributed by atoms with Gasteiger partial charge in [0.05, 0.1) is 22.0 Å². The number of nitrogens with one attached hydrogen (secondary N) is 4. The largest absolute Gasteiger partial charge is 0.489 e. The van der Waals surface area contributed by atoms with Gasteiger partial charge in [-0.3, -0.25) is 4.72 Å². The summed E-state index contributed by atoms with van der Waals surface area (Å²) in [7, 11) is -3.75. The number of hydrogen-bond donors (Lipinski definition) is 5. The number of piperidine rings is 1. The molecule has 208 valence electrons. The maximum absolute atomic E-state index is 12.6. The van der Waals surface area contributed by atoms with Gasteiger partial charge in [-0.1, -0.05) is 6.07 Å². The number of para-hydroxylation sites is 1. The SMILES string of the molecule is N#Cc1ccc(S(=O)(=O)Nc2ccc(N3CCC(NC[C@H](O)COc4cccc5[nH]c(=O)[nH]c45)CC3)cc2)cc1. The normalized spacial score (nSPS) is 15.1. The average Bonchev–Trinajstić information content (AvgIpc) is 3.36. The molecule has 1 aromatic heterocycles. The summed E-state index contributed by atoms with van der Waals surface area (Å²) in [4.78, 5) is 19.3. The topological polar surface area (TPSA) is 163 Å². The van der Waals surface area contributed by atoms with Gasteiger partial charge in [-0.25, -0.2) is 13.2 Å². The first-order valence-corrected chi connectivity index (χ1v) is 14.4. The van der Waals surface area contributed by atoms with Crippen molar-refractivity contribution in [2.45, 2.75) is 29.9 Å². The Balaban J connectivity index is 1.06. The highest BCUT2D eigenvalue weighted by Crippen LogP contribution is 2.24. The molecule has 0 spiro atoms. The quantitative estimate of drug-likeness (QED) is 0.197. The van der Waals surface area contributed by atoms with Gasteiger partial charge in [-0.2, -0.15) is 5.26 Å². The molecule has 11 nitrogen and oxygen atoms in total. The maximum atomic E-state index is 12.6. The molecule has 0 bridgehead atoms. The Morgan fingerprint density at radius 2 is 1.77 bits per heavy atom. The standard InChI is InChI=1S/C28H30N6O5S/c29-16-19-4-10-24(11-5-19)40(37,38)33-21-6-8-22(9-7-21)34-14-12-20(13-15-34)30-17-23(35)18-39-26-3-1-2-25-27(26)32-28(36)31-25/h1-11,20,23,30,33,35H,12-15,17-18H2,(H2,31,32,36)/t23-/m0/s1. The van der Waals surface area contributed by atoms with Gasteiger partial charge >= 0.3 is 5.69 Å². The molecule has 1 fully saturated rings. The van der Waals surface area contributed by atoms with E-state index in [0.717, 1.165) is 31.6 Å². The van der Waals surface area contributed by atoms with Gasteiger partial charge in [-0.15, -0.1) is 0 Å². The van der Waals surface area contributed by atoms with Crippen molar-refractivity contribution in [3.8, 4) is 11.8 Å².